The van der Waals surface area contributed by atoms with Crippen molar-refractivity contribution in [2.24, 2.45) is 4.99 Å². The molecule has 0 spiro atoms. The summed E-state index contributed by atoms with van der Waals surface area (Å²) in [6.45, 7) is 1.85. The summed E-state index contributed by atoms with van der Waals surface area (Å²) in [5.74, 6) is -0.223. The zero-order chi connectivity index (χ0) is 26.7. The number of halogens is 1. The van der Waals surface area contributed by atoms with E-state index in [0.29, 0.717) is 25.8 Å². The Morgan fingerprint density at radius 1 is 1.08 bits per heavy atom. The number of amidine groups is 1. The van der Waals surface area contributed by atoms with E-state index < -0.39 is 15.0 Å². The lowest BCUT2D eigenvalue weighted by atomic mass is 10.2. The normalized spacial score (nSPS) is 15.6. The summed E-state index contributed by atoms with van der Waals surface area (Å²) >= 11 is 4.33. The molecule has 1 aliphatic heterocycles. The van der Waals surface area contributed by atoms with Crippen LogP contribution in [-0.4, -0.2) is 31.5 Å². The SMILES string of the molecule is COc1cc(/C=C2/SC(=Nc3ccc([N+](=O)[O-])cc3Br)NC2=O)ccc1OS(=O)(=O)c1ccc(C)cc1. The van der Waals surface area contributed by atoms with Crippen LogP contribution in [0.3, 0.4) is 0 Å². The molecule has 3 aromatic carbocycles. The lowest BCUT2D eigenvalue weighted by Crippen LogP contribution is -2.19. The number of nitro benzene ring substituents is 1. The largest absolute Gasteiger partial charge is 0.493 e. The van der Waals surface area contributed by atoms with Crippen LogP contribution in [0, 0.1) is 17.0 Å². The molecule has 1 amide bonds. The highest BCUT2D eigenvalue weighted by atomic mass is 79.9. The topological polar surface area (TPSA) is 137 Å². The maximum absolute atomic E-state index is 12.7. The van der Waals surface area contributed by atoms with Gasteiger partial charge in [-0.15, -0.1) is 0 Å². The van der Waals surface area contributed by atoms with Crippen molar-refractivity contribution in [3.63, 3.8) is 0 Å². The molecule has 0 unspecified atom stereocenters. The second-order valence-electron chi connectivity index (χ2n) is 7.64. The first-order valence-electron chi connectivity index (χ1n) is 10.5. The fraction of sp³-hybridized carbons (Fsp3) is 0.0833. The number of nitro groups is 1. The molecule has 1 saturated heterocycles. The zero-order valence-corrected chi connectivity index (χ0v) is 22.5. The zero-order valence-electron chi connectivity index (χ0n) is 19.3. The van der Waals surface area contributed by atoms with Crippen LogP contribution in [0.1, 0.15) is 11.1 Å². The molecule has 1 aliphatic rings. The minimum absolute atomic E-state index is 0.000903. The monoisotopic (exact) mass is 603 g/mol. The lowest BCUT2D eigenvalue weighted by Gasteiger charge is -2.11. The first-order valence-corrected chi connectivity index (χ1v) is 13.5. The number of hydrogen-bond donors (Lipinski definition) is 1. The minimum Gasteiger partial charge on any atom is -0.493 e. The van der Waals surface area contributed by atoms with Crippen molar-refractivity contribution in [1.82, 2.24) is 5.32 Å². The van der Waals surface area contributed by atoms with Crippen molar-refractivity contribution in [3.05, 3.63) is 91.3 Å². The lowest BCUT2D eigenvalue weighted by molar-refractivity contribution is -0.384. The van der Waals surface area contributed by atoms with Crippen LogP contribution in [-0.2, 0) is 14.9 Å². The number of carbonyl (C=O) groups excluding carboxylic acids is 1. The Morgan fingerprint density at radius 3 is 2.46 bits per heavy atom. The van der Waals surface area contributed by atoms with E-state index in [1.54, 1.807) is 30.3 Å². The number of benzene rings is 3. The number of non-ortho nitro benzene ring substituents is 1. The number of thioether (sulfide) groups is 1. The van der Waals surface area contributed by atoms with Gasteiger partial charge in [-0.25, -0.2) is 4.99 Å². The Hall–Kier alpha value is -3.68. The summed E-state index contributed by atoms with van der Waals surface area (Å²) in [4.78, 5) is 27.6. The molecule has 0 bridgehead atoms. The quantitative estimate of drug-likeness (QED) is 0.165. The summed E-state index contributed by atoms with van der Waals surface area (Å²) in [7, 11) is -2.70. The Morgan fingerprint density at radius 2 is 1.81 bits per heavy atom. The molecule has 1 heterocycles. The summed E-state index contributed by atoms with van der Waals surface area (Å²) in [6.07, 6.45) is 1.59. The van der Waals surface area contributed by atoms with Gasteiger partial charge in [0, 0.05) is 12.1 Å². The van der Waals surface area contributed by atoms with Gasteiger partial charge in [-0.3, -0.25) is 14.9 Å². The fourth-order valence-electron chi connectivity index (χ4n) is 3.16. The van der Waals surface area contributed by atoms with Crippen LogP contribution < -0.4 is 14.2 Å². The van der Waals surface area contributed by atoms with Gasteiger partial charge in [-0.1, -0.05) is 23.8 Å². The molecule has 1 N–H and O–H groups in total. The van der Waals surface area contributed by atoms with E-state index in [9.17, 15) is 23.3 Å². The molecular formula is C24H18BrN3O7S2. The molecule has 190 valence electrons. The molecule has 0 aromatic heterocycles. The fourth-order valence-corrected chi connectivity index (χ4v) is 5.39. The number of carbonyl (C=O) groups is 1. The van der Waals surface area contributed by atoms with E-state index in [1.165, 1.54) is 43.5 Å². The van der Waals surface area contributed by atoms with Gasteiger partial charge in [0.2, 0.25) is 0 Å². The standard InChI is InChI=1S/C24H18BrN3O7S2/c1-14-3-7-17(8-4-14)37(32,33)35-20-10-5-15(11-21(20)34-2)12-22-23(29)27-24(36-22)26-19-9-6-16(28(30)31)13-18(19)25/h3-13H,1-2H3,(H,26,27,29)/b22-12+. The first-order chi connectivity index (χ1) is 17.6. The molecule has 4 rings (SSSR count). The Labute approximate surface area is 224 Å². The average Bonchev–Trinajstić information content (AvgIpc) is 3.19. The van der Waals surface area contributed by atoms with Crippen LogP contribution in [0.5, 0.6) is 11.5 Å². The number of hydrogen-bond acceptors (Lipinski definition) is 9. The van der Waals surface area contributed by atoms with Crippen molar-refractivity contribution in [1.29, 1.82) is 0 Å². The number of amides is 1. The van der Waals surface area contributed by atoms with Gasteiger partial charge < -0.3 is 14.2 Å². The van der Waals surface area contributed by atoms with E-state index in [0.717, 1.165) is 17.3 Å². The Kier molecular flexibility index (Phi) is 7.66. The highest BCUT2D eigenvalue weighted by Crippen LogP contribution is 2.35. The number of nitrogens with zero attached hydrogens (tertiary/aromatic N) is 2. The summed E-state index contributed by atoms with van der Waals surface area (Å²) in [6, 6.07) is 14.9. The van der Waals surface area contributed by atoms with Gasteiger partial charge >= 0.3 is 10.1 Å². The van der Waals surface area contributed by atoms with Gasteiger partial charge in [0.1, 0.15) is 4.90 Å². The van der Waals surface area contributed by atoms with Gasteiger partial charge in [-0.2, -0.15) is 8.42 Å². The molecule has 0 atom stereocenters. The van der Waals surface area contributed by atoms with Crippen molar-refractivity contribution in [2.45, 2.75) is 11.8 Å². The first kappa shape index (κ1) is 26.4. The van der Waals surface area contributed by atoms with Crippen LogP contribution in [0.2, 0.25) is 0 Å². The number of rotatable bonds is 7. The van der Waals surface area contributed by atoms with Gasteiger partial charge in [0.15, 0.2) is 16.7 Å². The third kappa shape index (κ3) is 6.18. The van der Waals surface area contributed by atoms with Crippen molar-refractivity contribution in [2.75, 3.05) is 7.11 Å². The van der Waals surface area contributed by atoms with Crippen molar-refractivity contribution < 1.29 is 27.1 Å². The number of ether oxygens (including phenoxy) is 1. The second kappa shape index (κ2) is 10.7. The predicted octanol–water partition coefficient (Wildman–Crippen LogP) is 5.33. The van der Waals surface area contributed by atoms with E-state index >= 15 is 0 Å². The van der Waals surface area contributed by atoms with E-state index in [1.807, 2.05) is 6.92 Å². The number of aryl methyl sites for hydroxylation is 1. The van der Waals surface area contributed by atoms with E-state index in [4.69, 9.17) is 8.92 Å². The maximum Gasteiger partial charge on any atom is 0.339 e. The van der Waals surface area contributed by atoms with Gasteiger partial charge in [0.05, 0.1) is 27.1 Å². The number of methoxy groups -OCH3 is 1. The molecule has 37 heavy (non-hydrogen) atoms. The van der Waals surface area contributed by atoms with Crippen LogP contribution >= 0.6 is 27.7 Å². The molecule has 0 radical (unpaired) electrons. The molecule has 3 aromatic rings. The molecule has 13 heteroatoms. The van der Waals surface area contributed by atoms with Crippen molar-refractivity contribution >= 4 is 66.3 Å². The van der Waals surface area contributed by atoms with E-state index in [-0.39, 0.29) is 28.0 Å². The van der Waals surface area contributed by atoms with Gasteiger partial charge in [0.25, 0.3) is 11.6 Å². The van der Waals surface area contributed by atoms with Crippen LogP contribution in [0.15, 0.2) is 79.9 Å². The van der Waals surface area contributed by atoms with Crippen LogP contribution in [0.25, 0.3) is 6.08 Å². The number of nitrogens with one attached hydrogen (secondary N) is 1. The Balaban J connectivity index is 1.55. The third-order valence-corrected chi connectivity index (χ3v) is 7.80. The predicted molar refractivity (Wildman–Crippen MR) is 144 cm³/mol. The average molecular weight is 604 g/mol. The van der Waals surface area contributed by atoms with E-state index in [2.05, 4.69) is 26.2 Å². The summed E-state index contributed by atoms with van der Waals surface area (Å²) in [5.41, 5.74) is 1.80. The Bertz CT molecular complexity index is 1570. The van der Waals surface area contributed by atoms with Gasteiger partial charge in [-0.05, 0) is 76.6 Å². The van der Waals surface area contributed by atoms with Crippen molar-refractivity contribution in [3.8, 4) is 11.5 Å². The smallest absolute Gasteiger partial charge is 0.339 e. The molecule has 1 fully saturated rings. The molecule has 10 nitrogen and oxygen atoms in total. The highest BCUT2D eigenvalue weighted by Gasteiger charge is 2.25. The number of aliphatic imine (C=N–C) groups is 1. The minimum atomic E-state index is -4.08. The summed E-state index contributed by atoms with van der Waals surface area (Å²) < 4.78 is 36.3. The summed E-state index contributed by atoms with van der Waals surface area (Å²) in [5, 5.41) is 13.9. The second-order valence-corrected chi connectivity index (χ2v) is 11.1. The molecular weight excluding hydrogens is 586 g/mol. The maximum atomic E-state index is 12.7. The third-order valence-electron chi connectivity index (χ3n) is 5.01. The molecule has 0 aliphatic carbocycles. The van der Waals surface area contributed by atoms with Crippen LogP contribution in [0.4, 0.5) is 11.4 Å². The highest BCUT2D eigenvalue weighted by molar-refractivity contribution is 9.10. The molecule has 0 saturated carbocycles.